The lowest BCUT2D eigenvalue weighted by Gasteiger charge is -2.04. The van der Waals surface area contributed by atoms with Crippen molar-refractivity contribution in [3.05, 3.63) is 34.5 Å². The van der Waals surface area contributed by atoms with Crippen LogP contribution in [-0.4, -0.2) is 9.78 Å². The molecule has 98 valence electrons. The molecule has 2 aromatic heterocycles. The molecule has 0 unspecified atom stereocenters. The molecule has 0 radical (unpaired) electrons. The maximum atomic E-state index is 5.77. The molecule has 0 saturated heterocycles. The molecule has 0 amide bonds. The SMILES string of the molecule is Cc1nn(C)c(C)c1OCc1cc(CN)c(C)o1. The summed E-state index contributed by atoms with van der Waals surface area (Å²) in [7, 11) is 1.90. The summed E-state index contributed by atoms with van der Waals surface area (Å²) in [6.07, 6.45) is 0. The molecule has 0 bridgehead atoms. The van der Waals surface area contributed by atoms with Gasteiger partial charge in [0.05, 0.1) is 5.69 Å². The van der Waals surface area contributed by atoms with Gasteiger partial charge in [0.25, 0.3) is 0 Å². The van der Waals surface area contributed by atoms with E-state index in [4.69, 9.17) is 14.9 Å². The van der Waals surface area contributed by atoms with Crippen molar-refractivity contribution in [1.29, 1.82) is 0 Å². The lowest BCUT2D eigenvalue weighted by Crippen LogP contribution is -1.97. The highest BCUT2D eigenvalue weighted by molar-refractivity contribution is 5.32. The van der Waals surface area contributed by atoms with E-state index in [1.165, 1.54) is 0 Å². The van der Waals surface area contributed by atoms with Gasteiger partial charge < -0.3 is 14.9 Å². The summed E-state index contributed by atoms with van der Waals surface area (Å²) in [5.41, 5.74) is 8.53. The Morgan fingerprint density at radius 2 is 2.11 bits per heavy atom. The third-order valence-electron chi connectivity index (χ3n) is 3.09. The Morgan fingerprint density at radius 3 is 2.61 bits per heavy atom. The Morgan fingerprint density at radius 1 is 1.39 bits per heavy atom. The first-order valence-corrected chi connectivity index (χ1v) is 5.94. The van der Waals surface area contributed by atoms with Crippen LogP contribution in [0.25, 0.3) is 0 Å². The van der Waals surface area contributed by atoms with Gasteiger partial charge in [0, 0.05) is 19.2 Å². The summed E-state index contributed by atoms with van der Waals surface area (Å²) in [6.45, 7) is 6.70. The number of nitrogens with zero attached hydrogens (tertiary/aromatic N) is 2. The highest BCUT2D eigenvalue weighted by Gasteiger charge is 2.12. The first kappa shape index (κ1) is 12.7. The number of rotatable bonds is 4. The van der Waals surface area contributed by atoms with Crippen molar-refractivity contribution in [2.24, 2.45) is 12.8 Å². The molecule has 0 aliphatic rings. The summed E-state index contributed by atoms with van der Waals surface area (Å²) in [4.78, 5) is 0. The molecular weight excluding hydrogens is 230 g/mol. The van der Waals surface area contributed by atoms with E-state index >= 15 is 0 Å². The minimum atomic E-state index is 0.397. The Labute approximate surface area is 107 Å². The largest absolute Gasteiger partial charge is 0.482 e. The van der Waals surface area contributed by atoms with E-state index in [0.717, 1.165) is 34.2 Å². The number of ether oxygens (including phenoxy) is 1. The van der Waals surface area contributed by atoms with Crippen molar-refractivity contribution in [3.63, 3.8) is 0 Å². The minimum absolute atomic E-state index is 0.397. The number of aryl methyl sites for hydroxylation is 3. The van der Waals surface area contributed by atoms with Crippen molar-refractivity contribution in [2.45, 2.75) is 33.9 Å². The van der Waals surface area contributed by atoms with Gasteiger partial charge in [-0.05, 0) is 26.8 Å². The van der Waals surface area contributed by atoms with Gasteiger partial charge in [-0.15, -0.1) is 0 Å². The van der Waals surface area contributed by atoms with Gasteiger partial charge in [0.1, 0.15) is 23.8 Å². The zero-order chi connectivity index (χ0) is 13.3. The zero-order valence-corrected chi connectivity index (χ0v) is 11.3. The Balaban J connectivity index is 2.11. The third kappa shape index (κ3) is 2.26. The number of hydrogen-bond acceptors (Lipinski definition) is 4. The van der Waals surface area contributed by atoms with E-state index in [1.807, 2.05) is 38.6 Å². The fraction of sp³-hybridized carbons (Fsp3) is 0.462. The van der Waals surface area contributed by atoms with Crippen LogP contribution in [0.3, 0.4) is 0 Å². The fourth-order valence-electron chi connectivity index (χ4n) is 1.97. The normalized spacial score (nSPS) is 10.9. The third-order valence-corrected chi connectivity index (χ3v) is 3.09. The molecule has 0 saturated carbocycles. The molecule has 2 aromatic rings. The molecule has 0 spiro atoms. The van der Waals surface area contributed by atoms with Crippen LogP contribution < -0.4 is 10.5 Å². The fourth-order valence-corrected chi connectivity index (χ4v) is 1.97. The van der Waals surface area contributed by atoms with E-state index in [0.29, 0.717) is 13.2 Å². The van der Waals surface area contributed by atoms with E-state index in [1.54, 1.807) is 0 Å². The van der Waals surface area contributed by atoms with E-state index in [2.05, 4.69) is 5.10 Å². The maximum absolute atomic E-state index is 5.77. The van der Waals surface area contributed by atoms with E-state index in [9.17, 15) is 0 Å². The van der Waals surface area contributed by atoms with Crippen LogP contribution in [0.5, 0.6) is 5.75 Å². The van der Waals surface area contributed by atoms with Gasteiger partial charge in [0.2, 0.25) is 0 Å². The van der Waals surface area contributed by atoms with Crippen molar-refractivity contribution >= 4 is 0 Å². The molecule has 18 heavy (non-hydrogen) atoms. The quantitative estimate of drug-likeness (QED) is 0.899. The van der Waals surface area contributed by atoms with Gasteiger partial charge in [-0.2, -0.15) is 5.10 Å². The molecule has 5 nitrogen and oxygen atoms in total. The Bertz CT molecular complexity index is 555. The molecule has 5 heteroatoms. The van der Waals surface area contributed by atoms with Gasteiger partial charge >= 0.3 is 0 Å². The molecule has 0 fully saturated rings. The molecule has 0 aromatic carbocycles. The number of hydrogen-bond donors (Lipinski definition) is 1. The second kappa shape index (κ2) is 4.86. The Hall–Kier alpha value is -1.75. The van der Waals surface area contributed by atoms with Crippen molar-refractivity contribution in [2.75, 3.05) is 0 Å². The topological polar surface area (TPSA) is 66.2 Å². The van der Waals surface area contributed by atoms with E-state index < -0.39 is 0 Å². The van der Waals surface area contributed by atoms with Crippen molar-refractivity contribution in [3.8, 4) is 5.75 Å². The highest BCUT2D eigenvalue weighted by Crippen LogP contribution is 2.23. The molecule has 0 atom stereocenters. The van der Waals surface area contributed by atoms with Crippen LogP contribution in [0.4, 0.5) is 0 Å². The Kier molecular flexibility index (Phi) is 3.43. The van der Waals surface area contributed by atoms with Crippen LogP contribution in [0.15, 0.2) is 10.5 Å². The zero-order valence-electron chi connectivity index (χ0n) is 11.3. The number of aromatic nitrogens is 2. The van der Waals surface area contributed by atoms with Crippen molar-refractivity contribution in [1.82, 2.24) is 9.78 Å². The van der Waals surface area contributed by atoms with Gasteiger partial charge in [-0.25, -0.2) is 0 Å². The average Bonchev–Trinajstić information content (AvgIpc) is 2.79. The summed E-state index contributed by atoms with van der Waals surface area (Å²) in [5, 5.41) is 4.30. The molecule has 2 heterocycles. The predicted molar refractivity (Wildman–Crippen MR) is 68.4 cm³/mol. The second-order valence-corrected chi connectivity index (χ2v) is 4.41. The van der Waals surface area contributed by atoms with Crippen LogP contribution in [-0.2, 0) is 20.2 Å². The summed E-state index contributed by atoms with van der Waals surface area (Å²) in [6, 6.07) is 1.94. The standard InChI is InChI=1S/C13H19N3O2/c1-8-13(9(2)16(4)15-8)17-7-12-5-11(6-14)10(3)18-12/h5H,6-7,14H2,1-4H3. The summed E-state index contributed by atoms with van der Waals surface area (Å²) in [5.74, 6) is 2.46. The van der Waals surface area contributed by atoms with Crippen LogP contribution >= 0.6 is 0 Å². The lowest BCUT2D eigenvalue weighted by molar-refractivity contribution is 0.264. The summed E-state index contributed by atoms with van der Waals surface area (Å²) < 4.78 is 13.2. The molecule has 0 aliphatic heterocycles. The molecule has 2 N–H and O–H groups in total. The number of furan rings is 1. The highest BCUT2D eigenvalue weighted by atomic mass is 16.5. The van der Waals surface area contributed by atoms with Crippen LogP contribution in [0.2, 0.25) is 0 Å². The monoisotopic (exact) mass is 249 g/mol. The molecular formula is C13H19N3O2. The predicted octanol–water partition coefficient (Wildman–Crippen LogP) is 1.98. The lowest BCUT2D eigenvalue weighted by atomic mass is 10.2. The van der Waals surface area contributed by atoms with Crippen LogP contribution in [0.1, 0.15) is 28.5 Å². The van der Waals surface area contributed by atoms with Gasteiger partial charge in [0.15, 0.2) is 5.75 Å². The first-order chi connectivity index (χ1) is 8.52. The van der Waals surface area contributed by atoms with Crippen molar-refractivity contribution < 1.29 is 9.15 Å². The second-order valence-electron chi connectivity index (χ2n) is 4.41. The smallest absolute Gasteiger partial charge is 0.163 e. The summed E-state index contributed by atoms with van der Waals surface area (Å²) >= 11 is 0. The van der Waals surface area contributed by atoms with Gasteiger partial charge in [-0.3, -0.25) is 4.68 Å². The molecule has 0 aliphatic carbocycles. The number of nitrogens with two attached hydrogens (primary N) is 1. The van der Waals surface area contributed by atoms with Gasteiger partial charge in [-0.1, -0.05) is 0 Å². The minimum Gasteiger partial charge on any atom is -0.482 e. The average molecular weight is 249 g/mol. The molecule has 2 rings (SSSR count). The maximum Gasteiger partial charge on any atom is 0.163 e. The first-order valence-electron chi connectivity index (χ1n) is 5.94. The van der Waals surface area contributed by atoms with Crippen LogP contribution in [0, 0.1) is 20.8 Å². The van der Waals surface area contributed by atoms with E-state index in [-0.39, 0.29) is 0 Å².